The van der Waals surface area contributed by atoms with Gasteiger partial charge in [0.05, 0.1) is 39.9 Å². The third-order valence-electron chi connectivity index (χ3n) is 10.8. The summed E-state index contributed by atoms with van der Waals surface area (Å²) in [4.78, 5) is 3.87. The smallest absolute Gasteiger partial charge is 0.310 e. The zero-order chi connectivity index (χ0) is 38.3. The summed E-state index contributed by atoms with van der Waals surface area (Å²) in [7, 11) is 0. The van der Waals surface area contributed by atoms with Crippen LogP contribution in [-0.2, 0) is 6.18 Å². The number of fused-ring (bicyclic) bond motifs is 6. The van der Waals surface area contributed by atoms with Gasteiger partial charge in [-0.25, -0.2) is 4.85 Å². The van der Waals surface area contributed by atoms with E-state index in [-0.39, 0.29) is 0 Å². The van der Waals surface area contributed by atoms with Crippen LogP contribution in [0.1, 0.15) is 33.4 Å². The van der Waals surface area contributed by atoms with Crippen molar-refractivity contribution in [1.29, 1.82) is 0 Å². The second kappa shape index (κ2) is 12.5. The molecule has 0 N–H and O–H groups in total. The summed E-state index contributed by atoms with van der Waals surface area (Å²) in [6.45, 7) is 18.1. The van der Waals surface area contributed by atoms with E-state index in [9.17, 15) is 13.2 Å². The van der Waals surface area contributed by atoms with Crippen LogP contribution < -0.4 is 0 Å². The van der Waals surface area contributed by atoms with Gasteiger partial charge in [-0.2, -0.15) is 13.2 Å². The van der Waals surface area contributed by atoms with Crippen LogP contribution in [0.25, 0.3) is 82.1 Å². The van der Waals surface area contributed by atoms with Gasteiger partial charge in [0.1, 0.15) is 0 Å². The van der Waals surface area contributed by atoms with Gasteiger partial charge in [0.2, 0.25) is 0 Å². The molecule has 0 amide bonds. The predicted octanol–water partition coefficient (Wildman–Crippen LogP) is 14.3. The number of aryl methyl sites for hydroxylation is 5. The Morgan fingerprint density at radius 1 is 0.473 bits per heavy atom. The van der Waals surface area contributed by atoms with Crippen LogP contribution in [-0.4, -0.2) is 9.13 Å². The van der Waals surface area contributed by atoms with Gasteiger partial charge in [-0.15, -0.1) is 0 Å². The van der Waals surface area contributed by atoms with E-state index in [4.69, 9.17) is 6.57 Å². The maximum Gasteiger partial charge on any atom is 0.416 e. The molecule has 2 aromatic heterocycles. The Morgan fingerprint density at radius 3 is 1.45 bits per heavy atom. The first-order valence-electron chi connectivity index (χ1n) is 18.3. The zero-order valence-electron chi connectivity index (χ0n) is 31.1. The molecule has 3 nitrogen and oxygen atoms in total. The molecule has 0 bridgehead atoms. The Kier molecular flexibility index (Phi) is 7.77. The van der Waals surface area contributed by atoms with E-state index < -0.39 is 11.7 Å². The number of hydrogen-bond acceptors (Lipinski definition) is 0. The minimum Gasteiger partial charge on any atom is -0.310 e. The molecule has 0 aliphatic carbocycles. The van der Waals surface area contributed by atoms with E-state index in [1.54, 1.807) is 6.92 Å². The summed E-state index contributed by atoms with van der Waals surface area (Å²) in [5.41, 5.74) is 13.1. The average molecular weight is 724 g/mol. The Morgan fingerprint density at radius 2 is 0.964 bits per heavy atom. The second-order valence-electron chi connectivity index (χ2n) is 14.9. The Labute approximate surface area is 317 Å². The minimum atomic E-state index is -4.52. The van der Waals surface area contributed by atoms with Crippen molar-refractivity contribution >= 4 is 49.3 Å². The van der Waals surface area contributed by atoms with Gasteiger partial charge >= 0.3 is 6.18 Å². The van der Waals surface area contributed by atoms with Gasteiger partial charge in [-0.1, -0.05) is 82.9 Å². The topological polar surface area (TPSA) is 14.2 Å². The summed E-state index contributed by atoms with van der Waals surface area (Å²) >= 11 is 0. The van der Waals surface area contributed by atoms with Crippen LogP contribution in [0, 0.1) is 41.2 Å². The van der Waals surface area contributed by atoms with Gasteiger partial charge in [0.15, 0.2) is 5.69 Å². The first-order valence-corrected chi connectivity index (χ1v) is 18.3. The number of para-hydroxylation sites is 1. The lowest BCUT2D eigenvalue weighted by Gasteiger charge is -2.22. The highest BCUT2D eigenvalue weighted by Gasteiger charge is 2.32. The summed E-state index contributed by atoms with van der Waals surface area (Å²) < 4.78 is 47.7. The monoisotopic (exact) mass is 723 g/mol. The van der Waals surface area contributed by atoms with Gasteiger partial charge < -0.3 is 9.13 Å². The zero-order valence-corrected chi connectivity index (χ0v) is 31.1. The molecule has 0 aliphatic heterocycles. The van der Waals surface area contributed by atoms with Crippen molar-refractivity contribution in [2.75, 3.05) is 0 Å². The molecule has 0 unspecified atom stereocenters. The molecule has 0 atom stereocenters. The first kappa shape index (κ1) is 34.2. The Balaban J connectivity index is 1.46. The predicted molar refractivity (Wildman–Crippen MR) is 221 cm³/mol. The van der Waals surface area contributed by atoms with Crippen LogP contribution in [0.5, 0.6) is 0 Å². The van der Waals surface area contributed by atoms with Crippen LogP contribution in [0.4, 0.5) is 18.9 Å². The molecule has 7 aromatic carbocycles. The van der Waals surface area contributed by atoms with E-state index in [1.165, 1.54) is 12.1 Å². The van der Waals surface area contributed by atoms with Crippen LogP contribution >= 0.6 is 0 Å². The quantitative estimate of drug-likeness (QED) is 0.161. The van der Waals surface area contributed by atoms with Crippen molar-refractivity contribution in [3.8, 4) is 33.6 Å². The average Bonchev–Trinajstić information content (AvgIpc) is 3.64. The molecule has 55 heavy (non-hydrogen) atoms. The third kappa shape index (κ3) is 5.58. The standard InChI is InChI=1S/C49H36F3N3/c1-28-10-16-43-39(22-28)40-23-29(2)11-17-44(40)54(43)47-27-35(53-6)14-15-37(47)38-9-7-8-36(33-20-32(5)21-34(26-33)49(50,51)52)48(38)55-45-18-12-30(3)24-41(45)42-25-31(4)13-19-46(42)55/h7-27H,1-5H3. The van der Waals surface area contributed by atoms with Crippen LogP contribution in [0.3, 0.4) is 0 Å². The largest absolute Gasteiger partial charge is 0.416 e. The van der Waals surface area contributed by atoms with Gasteiger partial charge in [-0.05, 0) is 112 Å². The molecule has 0 saturated carbocycles. The van der Waals surface area contributed by atoms with Gasteiger partial charge in [0.25, 0.3) is 0 Å². The number of hydrogen-bond donors (Lipinski definition) is 0. The molecule has 0 saturated heterocycles. The molecule has 268 valence electrons. The van der Waals surface area contributed by atoms with Crippen molar-refractivity contribution in [1.82, 2.24) is 9.13 Å². The number of rotatable bonds is 4. The summed E-state index contributed by atoms with van der Waals surface area (Å²) in [5, 5.41) is 4.35. The highest BCUT2D eigenvalue weighted by atomic mass is 19.4. The van der Waals surface area contributed by atoms with E-state index in [1.807, 2.05) is 36.4 Å². The molecule has 9 aromatic rings. The third-order valence-corrected chi connectivity index (χ3v) is 10.8. The highest BCUT2D eigenvalue weighted by Crippen LogP contribution is 2.46. The first-order chi connectivity index (χ1) is 26.4. The SMILES string of the molecule is [C-]#[N+]c1ccc(-c2cccc(-c3cc(C)cc(C(F)(F)F)c3)c2-n2c3ccc(C)cc3c3cc(C)ccc32)c(-n2c3ccc(C)cc3c3cc(C)ccc32)c1. The molecule has 2 heterocycles. The number of alkyl halides is 3. The minimum absolute atomic E-state index is 0.473. The molecule has 6 heteroatoms. The summed E-state index contributed by atoms with van der Waals surface area (Å²) in [5.74, 6) is 0. The second-order valence-corrected chi connectivity index (χ2v) is 14.9. The Hall–Kier alpha value is -6.58. The van der Waals surface area contributed by atoms with Crippen LogP contribution in [0.15, 0.2) is 127 Å². The molecule has 9 rings (SSSR count). The van der Waals surface area contributed by atoms with E-state index in [2.05, 4.69) is 121 Å². The van der Waals surface area contributed by atoms with Crippen molar-refractivity contribution in [2.45, 2.75) is 40.8 Å². The van der Waals surface area contributed by atoms with Crippen LogP contribution in [0.2, 0.25) is 0 Å². The molecular weight excluding hydrogens is 688 g/mol. The Bertz CT molecular complexity index is 2980. The fourth-order valence-corrected chi connectivity index (χ4v) is 8.34. The van der Waals surface area contributed by atoms with Crippen molar-refractivity contribution in [3.05, 3.63) is 172 Å². The van der Waals surface area contributed by atoms with Gasteiger partial charge in [0, 0.05) is 43.9 Å². The number of benzene rings is 7. The summed E-state index contributed by atoms with van der Waals surface area (Å²) in [6, 6.07) is 41.6. The lowest BCUT2D eigenvalue weighted by molar-refractivity contribution is -0.137. The molecule has 0 fully saturated rings. The molecular formula is C49H36F3N3. The van der Waals surface area contributed by atoms with E-state index in [0.717, 1.165) is 88.4 Å². The maximum atomic E-state index is 14.4. The molecule has 0 aliphatic rings. The number of halogens is 3. The number of aromatic nitrogens is 2. The van der Waals surface area contributed by atoms with Crippen molar-refractivity contribution in [2.24, 2.45) is 0 Å². The van der Waals surface area contributed by atoms with Crippen molar-refractivity contribution in [3.63, 3.8) is 0 Å². The fourth-order valence-electron chi connectivity index (χ4n) is 8.34. The van der Waals surface area contributed by atoms with E-state index in [0.29, 0.717) is 22.4 Å². The van der Waals surface area contributed by atoms with E-state index >= 15 is 0 Å². The maximum absolute atomic E-state index is 14.4. The normalized spacial score (nSPS) is 12.0. The summed E-state index contributed by atoms with van der Waals surface area (Å²) in [6.07, 6.45) is -4.52. The number of nitrogens with zero attached hydrogens (tertiary/aromatic N) is 3. The molecule has 0 radical (unpaired) electrons. The van der Waals surface area contributed by atoms with Gasteiger partial charge in [-0.3, -0.25) is 0 Å². The lowest BCUT2D eigenvalue weighted by atomic mass is 9.92. The van der Waals surface area contributed by atoms with Crippen molar-refractivity contribution < 1.29 is 13.2 Å². The lowest BCUT2D eigenvalue weighted by Crippen LogP contribution is -2.07. The fraction of sp³-hybridized carbons (Fsp3) is 0.122. The highest BCUT2D eigenvalue weighted by molar-refractivity contribution is 6.12. The molecule has 0 spiro atoms.